The van der Waals surface area contributed by atoms with Gasteiger partial charge in [0, 0.05) is 17.3 Å². The molecule has 0 fully saturated rings. The fourth-order valence-electron chi connectivity index (χ4n) is 2.39. The number of nitrogens with zero attached hydrogens (tertiary/aromatic N) is 1. The molecule has 0 atom stereocenters. The van der Waals surface area contributed by atoms with Gasteiger partial charge in [0.15, 0.2) is 0 Å². The molecular weight excluding hydrogens is 376 g/mol. The zero-order chi connectivity index (χ0) is 19.3. The highest BCUT2D eigenvalue weighted by Crippen LogP contribution is 2.27. The van der Waals surface area contributed by atoms with Crippen LogP contribution < -0.4 is 10.1 Å². The lowest BCUT2D eigenvalue weighted by molar-refractivity contribution is -0.116. The van der Waals surface area contributed by atoms with Crippen molar-refractivity contribution in [2.45, 2.75) is 18.7 Å². The maximum Gasteiger partial charge on any atom is 0.247 e. The molecule has 2 aromatic rings. The molecule has 0 unspecified atom stereocenters. The monoisotopic (exact) mass is 396 g/mol. The summed E-state index contributed by atoms with van der Waals surface area (Å²) in [5, 5.41) is 3.21. The molecule has 0 aliphatic carbocycles. The number of anilines is 1. The topological polar surface area (TPSA) is 75.7 Å². The van der Waals surface area contributed by atoms with E-state index in [0.29, 0.717) is 10.7 Å². The highest BCUT2D eigenvalue weighted by molar-refractivity contribution is 7.89. The van der Waals surface area contributed by atoms with E-state index in [2.05, 4.69) is 5.32 Å². The molecule has 0 aliphatic rings. The molecule has 140 valence electrons. The second-order valence-corrected chi connectivity index (χ2v) is 7.98. The maximum absolute atomic E-state index is 13.0. The number of aryl methyl sites for hydroxylation is 1. The third kappa shape index (κ3) is 4.75. The van der Waals surface area contributed by atoms with Crippen LogP contribution in [0.5, 0.6) is 5.75 Å². The van der Waals surface area contributed by atoms with E-state index < -0.39 is 15.9 Å². The van der Waals surface area contributed by atoms with Gasteiger partial charge < -0.3 is 10.1 Å². The van der Waals surface area contributed by atoms with E-state index in [-0.39, 0.29) is 23.7 Å². The smallest absolute Gasteiger partial charge is 0.247 e. The number of likely N-dealkylation sites (N-methyl/N-ethyl adjacent to an activating group) is 1. The first kappa shape index (κ1) is 20.2. The summed E-state index contributed by atoms with van der Waals surface area (Å²) in [4.78, 5) is 12.3. The maximum atomic E-state index is 13.0. The number of rotatable bonds is 7. The Bertz CT molecular complexity index is 883. The van der Waals surface area contributed by atoms with Gasteiger partial charge in [-0.3, -0.25) is 4.79 Å². The van der Waals surface area contributed by atoms with Gasteiger partial charge in [0.25, 0.3) is 0 Å². The fourth-order valence-corrected chi connectivity index (χ4v) is 4.16. The number of carbonyl (C=O) groups excluding carboxylic acids is 1. The van der Waals surface area contributed by atoms with Crippen molar-refractivity contribution >= 4 is 33.2 Å². The van der Waals surface area contributed by atoms with Crippen molar-refractivity contribution in [1.29, 1.82) is 0 Å². The Labute approximate surface area is 158 Å². The molecule has 0 bridgehead atoms. The number of carbonyl (C=O) groups is 1. The van der Waals surface area contributed by atoms with Gasteiger partial charge in [0.05, 0.1) is 13.7 Å². The van der Waals surface area contributed by atoms with Crippen LogP contribution in [0.2, 0.25) is 5.02 Å². The normalized spacial score (nSPS) is 11.4. The van der Waals surface area contributed by atoms with Gasteiger partial charge in [-0.05, 0) is 48.9 Å². The summed E-state index contributed by atoms with van der Waals surface area (Å²) >= 11 is 5.81. The van der Waals surface area contributed by atoms with Crippen molar-refractivity contribution in [2.75, 3.05) is 25.5 Å². The van der Waals surface area contributed by atoms with Crippen molar-refractivity contribution in [3.63, 3.8) is 0 Å². The minimum absolute atomic E-state index is 0.0427. The molecule has 0 spiro atoms. The first-order valence-corrected chi connectivity index (χ1v) is 9.80. The summed E-state index contributed by atoms with van der Waals surface area (Å²) in [6, 6.07) is 11.5. The minimum Gasteiger partial charge on any atom is -0.495 e. The molecule has 2 rings (SSSR count). The van der Waals surface area contributed by atoms with Crippen LogP contribution in [0, 0.1) is 6.92 Å². The molecule has 1 amide bonds. The summed E-state index contributed by atoms with van der Waals surface area (Å²) in [5.74, 6) is -0.198. The average molecular weight is 397 g/mol. The summed E-state index contributed by atoms with van der Waals surface area (Å²) < 4.78 is 32.2. The van der Waals surface area contributed by atoms with Crippen molar-refractivity contribution in [3.8, 4) is 5.75 Å². The highest BCUT2D eigenvalue weighted by Gasteiger charge is 2.28. The van der Waals surface area contributed by atoms with E-state index >= 15 is 0 Å². The van der Waals surface area contributed by atoms with Gasteiger partial charge in [-0.2, -0.15) is 4.31 Å². The molecule has 2 aromatic carbocycles. The van der Waals surface area contributed by atoms with Gasteiger partial charge in [0.2, 0.25) is 15.9 Å². The number of halogens is 1. The summed E-state index contributed by atoms with van der Waals surface area (Å²) in [6.07, 6.45) is 0. The second kappa shape index (κ2) is 8.53. The number of sulfonamides is 1. The lowest BCUT2D eigenvalue weighted by Crippen LogP contribution is -2.38. The predicted octanol–water partition coefficient (Wildman–Crippen LogP) is 3.31. The standard InChI is InChI=1S/C18H21ClN2O4S/c1-4-21(12-18(22)20-15-8-6-14(19)7-9-15)26(23,24)17-11-13(2)5-10-16(17)25-3/h5-11H,4,12H2,1-3H3,(H,20,22). The Morgan fingerprint density at radius 3 is 2.42 bits per heavy atom. The van der Waals surface area contributed by atoms with Gasteiger partial charge in [0.1, 0.15) is 10.6 Å². The molecule has 0 aromatic heterocycles. The van der Waals surface area contributed by atoms with Gasteiger partial charge in [-0.1, -0.05) is 24.6 Å². The number of nitrogens with one attached hydrogen (secondary N) is 1. The second-order valence-electron chi connectivity index (χ2n) is 5.64. The molecule has 8 heteroatoms. The first-order chi connectivity index (χ1) is 12.3. The Morgan fingerprint density at radius 2 is 1.85 bits per heavy atom. The van der Waals surface area contributed by atoms with E-state index in [9.17, 15) is 13.2 Å². The number of methoxy groups -OCH3 is 1. The average Bonchev–Trinajstić information content (AvgIpc) is 2.61. The Balaban J connectivity index is 2.22. The van der Waals surface area contributed by atoms with Crippen LogP contribution in [0.15, 0.2) is 47.4 Å². The zero-order valence-corrected chi connectivity index (χ0v) is 16.4. The molecule has 6 nitrogen and oxygen atoms in total. The quantitative estimate of drug-likeness (QED) is 0.779. The van der Waals surface area contributed by atoms with Gasteiger partial charge in [-0.25, -0.2) is 8.42 Å². The minimum atomic E-state index is -3.88. The van der Waals surface area contributed by atoms with Crippen LogP contribution in [0.1, 0.15) is 12.5 Å². The third-order valence-electron chi connectivity index (χ3n) is 3.74. The summed E-state index contributed by atoms with van der Waals surface area (Å²) in [7, 11) is -2.47. The van der Waals surface area contributed by atoms with E-state index in [0.717, 1.165) is 9.87 Å². The zero-order valence-electron chi connectivity index (χ0n) is 14.8. The van der Waals surface area contributed by atoms with Crippen molar-refractivity contribution in [2.24, 2.45) is 0 Å². The van der Waals surface area contributed by atoms with Gasteiger partial charge >= 0.3 is 0 Å². The third-order valence-corrected chi connectivity index (χ3v) is 5.93. The van der Waals surface area contributed by atoms with Crippen molar-refractivity contribution < 1.29 is 17.9 Å². The molecule has 0 radical (unpaired) electrons. The van der Waals surface area contributed by atoms with E-state index in [1.165, 1.54) is 13.2 Å². The molecule has 0 aliphatic heterocycles. The molecule has 0 saturated heterocycles. The van der Waals surface area contributed by atoms with Crippen LogP contribution in [0.25, 0.3) is 0 Å². The van der Waals surface area contributed by atoms with Crippen LogP contribution in [0.4, 0.5) is 5.69 Å². The molecular formula is C18H21ClN2O4S. The highest BCUT2D eigenvalue weighted by atomic mass is 35.5. The molecule has 0 heterocycles. The van der Waals surface area contributed by atoms with Crippen molar-refractivity contribution in [1.82, 2.24) is 4.31 Å². The summed E-state index contributed by atoms with van der Waals surface area (Å²) in [6.45, 7) is 3.31. The lowest BCUT2D eigenvalue weighted by atomic mass is 10.2. The number of hydrogen-bond acceptors (Lipinski definition) is 4. The molecule has 0 saturated carbocycles. The Morgan fingerprint density at radius 1 is 1.19 bits per heavy atom. The van der Waals surface area contributed by atoms with Gasteiger partial charge in [-0.15, -0.1) is 0 Å². The molecule has 26 heavy (non-hydrogen) atoms. The van der Waals surface area contributed by atoms with Crippen LogP contribution in [-0.2, 0) is 14.8 Å². The first-order valence-electron chi connectivity index (χ1n) is 7.98. The van der Waals surface area contributed by atoms with Crippen LogP contribution in [0.3, 0.4) is 0 Å². The fraction of sp³-hybridized carbons (Fsp3) is 0.278. The number of ether oxygens (including phenoxy) is 1. The van der Waals surface area contributed by atoms with E-state index in [4.69, 9.17) is 16.3 Å². The Hall–Kier alpha value is -2.09. The Kier molecular flexibility index (Phi) is 6.63. The SMILES string of the molecule is CCN(CC(=O)Nc1ccc(Cl)cc1)S(=O)(=O)c1cc(C)ccc1OC. The molecule has 1 N–H and O–H groups in total. The largest absolute Gasteiger partial charge is 0.495 e. The van der Waals surface area contributed by atoms with Crippen LogP contribution in [-0.4, -0.2) is 38.8 Å². The lowest BCUT2D eigenvalue weighted by Gasteiger charge is -2.21. The number of hydrogen-bond donors (Lipinski definition) is 1. The summed E-state index contributed by atoms with van der Waals surface area (Å²) in [5.41, 5.74) is 1.33. The predicted molar refractivity (Wildman–Crippen MR) is 102 cm³/mol. The van der Waals surface area contributed by atoms with Crippen molar-refractivity contribution in [3.05, 3.63) is 53.1 Å². The van der Waals surface area contributed by atoms with Crippen LogP contribution >= 0.6 is 11.6 Å². The van der Waals surface area contributed by atoms with E-state index in [1.54, 1.807) is 50.2 Å². The number of benzene rings is 2. The van der Waals surface area contributed by atoms with E-state index in [1.807, 2.05) is 0 Å². The number of amides is 1.